The molecule has 0 amide bonds. The SMILES string of the molecule is CNc1ncnc2c1ncn2[C@H]1O[C@](C)(COP(=O)(OCCSC(C)=O)N(C)C)[C@H](O)C1O. The van der Waals surface area contributed by atoms with E-state index in [1.165, 1.54) is 42.9 Å². The van der Waals surface area contributed by atoms with Crippen LogP contribution in [0.4, 0.5) is 5.82 Å². The molecule has 184 valence electrons. The fourth-order valence-corrected chi connectivity index (χ4v) is 5.17. The number of hydrogen-bond donors (Lipinski definition) is 3. The van der Waals surface area contributed by atoms with Crippen LogP contribution in [-0.4, -0.2) is 97.4 Å². The van der Waals surface area contributed by atoms with Crippen LogP contribution in [0.2, 0.25) is 0 Å². The Morgan fingerprint density at radius 1 is 1.36 bits per heavy atom. The summed E-state index contributed by atoms with van der Waals surface area (Å²) in [6.07, 6.45) is -0.940. The quantitative estimate of drug-likeness (QED) is 0.309. The van der Waals surface area contributed by atoms with Crippen LogP contribution in [0, 0.1) is 0 Å². The zero-order valence-electron chi connectivity index (χ0n) is 19.0. The maximum Gasteiger partial charge on any atom is 0.407 e. The maximum absolute atomic E-state index is 13.1. The molecule has 3 heterocycles. The molecular weight excluding hydrogens is 475 g/mol. The number of rotatable bonds is 10. The van der Waals surface area contributed by atoms with E-state index >= 15 is 0 Å². The average Bonchev–Trinajstić information content (AvgIpc) is 3.30. The monoisotopic (exact) mass is 504 g/mol. The third-order valence-electron chi connectivity index (χ3n) is 5.15. The van der Waals surface area contributed by atoms with Crippen molar-refractivity contribution in [1.82, 2.24) is 24.2 Å². The summed E-state index contributed by atoms with van der Waals surface area (Å²) in [4.78, 5) is 23.7. The Labute approximate surface area is 195 Å². The lowest BCUT2D eigenvalue weighted by Gasteiger charge is -2.31. The molecule has 2 aromatic heterocycles. The molecule has 0 saturated carbocycles. The molecule has 1 saturated heterocycles. The largest absolute Gasteiger partial charge is 0.407 e. The highest BCUT2D eigenvalue weighted by Crippen LogP contribution is 2.52. The maximum atomic E-state index is 13.1. The first kappa shape index (κ1) is 26.0. The number of nitrogens with one attached hydrogen (secondary N) is 1. The van der Waals surface area contributed by atoms with Crippen molar-refractivity contribution in [3.63, 3.8) is 0 Å². The molecule has 13 nitrogen and oxygen atoms in total. The lowest BCUT2D eigenvalue weighted by molar-refractivity contribution is -0.113. The van der Waals surface area contributed by atoms with E-state index < -0.39 is 31.8 Å². The highest BCUT2D eigenvalue weighted by Gasteiger charge is 2.53. The Morgan fingerprint density at radius 2 is 2.09 bits per heavy atom. The normalized spacial score (nSPS) is 27.2. The highest BCUT2D eigenvalue weighted by atomic mass is 32.2. The van der Waals surface area contributed by atoms with Gasteiger partial charge in [0.15, 0.2) is 22.8 Å². The molecule has 0 radical (unpaired) electrons. The molecular formula is C18H29N6O7PS. The van der Waals surface area contributed by atoms with Gasteiger partial charge in [0.1, 0.15) is 29.7 Å². The first-order valence-electron chi connectivity index (χ1n) is 10.1. The minimum absolute atomic E-state index is 0.0274. The Bertz CT molecular complexity index is 1040. The second kappa shape index (κ2) is 10.3. The van der Waals surface area contributed by atoms with E-state index in [4.69, 9.17) is 13.8 Å². The fourth-order valence-electron chi connectivity index (χ4n) is 3.31. The Hall–Kier alpha value is -1.64. The molecule has 33 heavy (non-hydrogen) atoms. The van der Waals surface area contributed by atoms with Gasteiger partial charge >= 0.3 is 7.75 Å². The molecule has 1 aliphatic heterocycles. The number of nitrogens with zero attached hydrogens (tertiary/aromatic N) is 5. The summed E-state index contributed by atoms with van der Waals surface area (Å²) in [6, 6.07) is 0. The van der Waals surface area contributed by atoms with Crippen LogP contribution in [0.1, 0.15) is 20.1 Å². The number of imidazole rings is 1. The van der Waals surface area contributed by atoms with Crippen molar-refractivity contribution in [2.75, 3.05) is 45.4 Å². The number of anilines is 1. The van der Waals surface area contributed by atoms with Gasteiger partial charge in [0, 0.05) is 19.7 Å². The van der Waals surface area contributed by atoms with Crippen LogP contribution in [0.3, 0.4) is 0 Å². The lowest BCUT2D eigenvalue weighted by Crippen LogP contribution is -2.44. The molecule has 2 unspecified atom stereocenters. The van der Waals surface area contributed by atoms with Crippen molar-refractivity contribution in [1.29, 1.82) is 0 Å². The van der Waals surface area contributed by atoms with Gasteiger partial charge in [-0.25, -0.2) is 24.2 Å². The Kier molecular flexibility index (Phi) is 8.12. The van der Waals surface area contributed by atoms with Gasteiger partial charge in [-0.05, 0) is 21.0 Å². The van der Waals surface area contributed by atoms with E-state index in [0.29, 0.717) is 22.7 Å². The Balaban J connectivity index is 1.75. The van der Waals surface area contributed by atoms with Gasteiger partial charge in [-0.3, -0.25) is 18.4 Å². The molecule has 3 rings (SSSR count). The summed E-state index contributed by atoms with van der Waals surface area (Å²) < 4.78 is 33.0. The summed E-state index contributed by atoms with van der Waals surface area (Å²) in [5.41, 5.74) is -0.534. The molecule has 0 spiro atoms. The molecule has 0 aromatic carbocycles. The summed E-state index contributed by atoms with van der Waals surface area (Å²) in [7, 11) is 1.02. The van der Waals surface area contributed by atoms with Crippen LogP contribution in [-0.2, 0) is 23.1 Å². The first-order valence-corrected chi connectivity index (χ1v) is 12.6. The van der Waals surface area contributed by atoms with Crippen LogP contribution >= 0.6 is 19.5 Å². The first-order chi connectivity index (χ1) is 15.5. The molecule has 1 aliphatic rings. The average molecular weight is 505 g/mol. The third kappa shape index (κ3) is 5.38. The lowest BCUT2D eigenvalue weighted by atomic mass is 9.99. The van der Waals surface area contributed by atoms with E-state index in [9.17, 15) is 19.6 Å². The van der Waals surface area contributed by atoms with Gasteiger partial charge in [0.25, 0.3) is 0 Å². The van der Waals surface area contributed by atoms with Crippen LogP contribution in [0.15, 0.2) is 12.7 Å². The van der Waals surface area contributed by atoms with Crippen molar-refractivity contribution in [2.24, 2.45) is 0 Å². The smallest absolute Gasteiger partial charge is 0.387 e. The number of carbonyl (C=O) groups is 1. The summed E-state index contributed by atoms with van der Waals surface area (Å²) in [5.74, 6) is 0.822. The number of fused-ring (bicyclic) bond motifs is 1. The zero-order chi connectivity index (χ0) is 24.4. The standard InChI is InChI=1S/C18H29N6O7PS/c1-11(25)33-7-6-29-32(28,23(4)5)30-8-18(2)14(27)13(26)17(31-18)24-10-22-12-15(19-3)20-9-21-16(12)24/h9-10,13-14,17,26-27H,6-8H2,1-5H3,(H,19,20,21)/t13?,14-,17+,18-,32?/m1/s1. The number of aromatic nitrogens is 4. The zero-order valence-corrected chi connectivity index (χ0v) is 20.7. The van der Waals surface area contributed by atoms with E-state index in [0.717, 1.165) is 11.8 Å². The van der Waals surface area contributed by atoms with E-state index in [1.807, 2.05) is 0 Å². The third-order valence-corrected chi connectivity index (χ3v) is 7.87. The molecule has 1 fully saturated rings. The van der Waals surface area contributed by atoms with Gasteiger partial charge < -0.3 is 20.3 Å². The molecule has 5 atom stereocenters. The summed E-state index contributed by atoms with van der Waals surface area (Å²) in [6.45, 7) is 2.67. The van der Waals surface area contributed by atoms with Crippen molar-refractivity contribution in [2.45, 2.75) is 37.9 Å². The van der Waals surface area contributed by atoms with Crippen LogP contribution in [0.25, 0.3) is 11.2 Å². The van der Waals surface area contributed by atoms with Crippen molar-refractivity contribution < 1.29 is 33.4 Å². The van der Waals surface area contributed by atoms with Gasteiger partial charge in [-0.2, -0.15) is 0 Å². The second-order valence-corrected chi connectivity index (χ2v) is 11.3. The minimum Gasteiger partial charge on any atom is -0.387 e. The number of ether oxygens (including phenoxy) is 1. The molecule has 2 aromatic rings. The van der Waals surface area contributed by atoms with Gasteiger partial charge in [-0.1, -0.05) is 11.8 Å². The van der Waals surface area contributed by atoms with Crippen molar-refractivity contribution in [3.05, 3.63) is 12.7 Å². The molecule has 0 bridgehead atoms. The van der Waals surface area contributed by atoms with Crippen LogP contribution < -0.4 is 5.32 Å². The molecule has 3 N–H and O–H groups in total. The number of aliphatic hydroxyl groups excluding tert-OH is 2. The summed E-state index contributed by atoms with van der Waals surface area (Å²) >= 11 is 1.05. The van der Waals surface area contributed by atoms with E-state index in [2.05, 4.69) is 20.3 Å². The second-order valence-electron chi connectivity index (χ2n) is 7.82. The highest BCUT2D eigenvalue weighted by molar-refractivity contribution is 8.13. The van der Waals surface area contributed by atoms with Gasteiger partial charge in [-0.15, -0.1) is 0 Å². The van der Waals surface area contributed by atoms with Crippen molar-refractivity contribution >= 4 is 41.6 Å². The number of thioether (sulfide) groups is 1. The fraction of sp³-hybridized carbons (Fsp3) is 0.667. The molecule has 0 aliphatic carbocycles. The van der Waals surface area contributed by atoms with E-state index in [1.54, 1.807) is 14.0 Å². The predicted molar refractivity (Wildman–Crippen MR) is 122 cm³/mol. The van der Waals surface area contributed by atoms with Crippen LogP contribution in [0.5, 0.6) is 0 Å². The minimum atomic E-state index is -3.73. The number of carbonyl (C=O) groups excluding carboxylic acids is 1. The Morgan fingerprint density at radius 3 is 2.73 bits per heavy atom. The summed E-state index contributed by atoms with van der Waals surface area (Å²) in [5, 5.41) is 24.3. The number of aliphatic hydroxyl groups is 2. The van der Waals surface area contributed by atoms with Gasteiger partial charge in [0.05, 0.1) is 19.5 Å². The molecule has 15 heteroatoms. The van der Waals surface area contributed by atoms with E-state index in [-0.39, 0.29) is 18.3 Å². The number of hydrogen-bond acceptors (Lipinski definition) is 12. The predicted octanol–water partition coefficient (Wildman–Crippen LogP) is 0.860. The topological polar surface area (TPSA) is 161 Å². The van der Waals surface area contributed by atoms with Gasteiger partial charge in [0.2, 0.25) is 0 Å². The van der Waals surface area contributed by atoms with Crippen molar-refractivity contribution in [3.8, 4) is 0 Å².